The van der Waals surface area contributed by atoms with E-state index in [1.54, 1.807) is 19.1 Å². The van der Waals surface area contributed by atoms with E-state index >= 15 is 0 Å². The SMILES string of the molecule is CC(Oc1ccccc1)C(=O)NC1(C(=O)O)CCCCCC1. The molecule has 1 saturated carbocycles. The highest BCUT2D eigenvalue weighted by atomic mass is 16.5. The van der Waals surface area contributed by atoms with Crippen molar-refractivity contribution in [3.8, 4) is 5.75 Å². The first-order chi connectivity index (χ1) is 10.5. The minimum Gasteiger partial charge on any atom is -0.481 e. The number of nitrogens with one attached hydrogen (secondary N) is 1. The summed E-state index contributed by atoms with van der Waals surface area (Å²) >= 11 is 0. The second kappa shape index (κ2) is 7.29. The molecular formula is C17H23NO4. The van der Waals surface area contributed by atoms with E-state index in [-0.39, 0.29) is 5.91 Å². The summed E-state index contributed by atoms with van der Waals surface area (Å²) in [6.45, 7) is 1.63. The molecule has 1 fully saturated rings. The van der Waals surface area contributed by atoms with Crippen LogP contribution in [0, 0.1) is 0 Å². The maximum atomic E-state index is 12.3. The Labute approximate surface area is 130 Å². The first kappa shape index (κ1) is 16.3. The van der Waals surface area contributed by atoms with Gasteiger partial charge in [-0.1, -0.05) is 43.9 Å². The number of benzene rings is 1. The summed E-state index contributed by atoms with van der Waals surface area (Å²) in [5.41, 5.74) is -1.15. The van der Waals surface area contributed by atoms with Crippen molar-refractivity contribution >= 4 is 11.9 Å². The zero-order valence-electron chi connectivity index (χ0n) is 12.9. The Morgan fingerprint density at radius 1 is 1.14 bits per heavy atom. The standard InChI is InChI=1S/C17H23NO4/c1-13(22-14-9-5-4-6-10-14)15(19)18-17(16(20)21)11-7-2-3-8-12-17/h4-6,9-10,13H,2-3,7-8,11-12H2,1H3,(H,18,19)(H,20,21). The lowest BCUT2D eigenvalue weighted by molar-refractivity contribution is -0.149. The average Bonchev–Trinajstić information content (AvgIpc) is 2.75. The van der Waals surface area contributed by atoms with E-state index in [2.05, 4.69) is 5.32 Å². The monoisotopic (exact) mass is 305 g/mol. The van der Waals surface area contributed by atoms with Crippen LogP contribution in [-0.2, 0) is 9.59 Å². The molecule has 5 nitrogen and oxygen atoms in total. The van der Waals surface area contributed by atoms with Gasteiger partial charge in [0.1, 0.15) is 11.3 Å². The number of hydrogen-bond donors (Lipinski definition) is 2. The van der Waals surface area contributed by atoms with Crippen LogP contribution in [0.2, 0.25) is 0 Å². The Morgan fingerprint density at radius 3 is 2.27 bits per heavy atom. The quantitative estimate of drug-likeness (QED) is 0.820. The van der Waals surface area contributed by atoms with Gasteiger partial charge in [0.15, 0.2) is 6.10 Å². The molecule has 0 radical (unpaired) electrons. The fraction of sp³-hybridized carbons (Fsp3) is 0.529. The van der Waals surface area contributed by atoms with E-state index < -0.39 is 17.6 Å². The van der Waals surface area contributed by atoms with Gasteiger partial charge < -0.3 is 15.2 Å². The van der Waals surface area contributed by atoms with E-state index in [1.807, 2.05) is 18.2 Å². The number of carboxylic acids is 1. The number of carbonyl (C=O) groups is 2. The summed E-state index contributed by atoms with van der Waals surface area (Å²) in [7, 11) is 0. The topological polar surface area (TPSA) is 75.6 Å². The zero-order valence-corrected chi connectivity index (χ0v) is 12.9. The van der Waals surface area contributed by atoms with E-state index in [9.17, 15) is 14.7 Å². The van der Waals surface area contributed by atoms with Crippen LogP contribution in [0.4, 0.5) is 0 Å². The molecule has 0 bridgehead atoms. The minimum atomic E-state index is -1.15. The van der Waals surface area contributed by atoms with Gasteiger partial charge in [0.05, 0.1) is 0 Å². The summed E-state index contributed by atoms with van der Waals surface area (Å²) in [6, 6.07) is 9.04. The predicted octanol–water partition coefficient (Wildman–Crippen LogP) is 2.75. The van der Waals surface area contributed by atoms with Gasteiger partial charge in [0.25, 0.3) is 5.91 Å². The lowest BCUT2D eigenvalue weighted by Gasteiger charge is -2.30. The molecule has 1 aliphatic carbocycles. The molecule has 1 aromatic rings. The van der Waals surface area contributed by atoms with Crippen molar-refractivity contribution in [1.82, 2.24) is 5.32 Å². The highest BCUT2D eigenvalue weighted by molar-refractivity contribution is 5.89. The van der Waals surface area contributed by atoms with Crippen LogP contribution >= 0.6 is 0 Å². The number of amides is 1. The van der Waals surface area contributed by atoms with Gasteiger partial charge in [-0.2, -0.15) is 0 Å². The van der Waals surface area contributed by atoms with Gasteiger partial charge >= 0.3 is 5.97 Å². The van der Waals surface area contributed by atoms with Crippen LogP contribution < -0.4 is 10.1 Å². The number of carboxylic acid groups (broad SMARTS) is 1. The maximum Gasteiger partial charge on any atom is 0.329 e. The molecule has 2 N–H and O–H groups in total. The van der Waals surface area contributed by atoms with Crippen molar-refractivity contribution in [2.75, 3.05) is 0 Å². The number of carbonyl (C=O) groups excluding carboxylic acids is 1. The number of rotatable bonds is 5. The molecular weight excluding hydrogens is 282 g/mol. The Morgan fingerprint density at radius 2 is 1.73 bits per heavy atom. The van der Waals surface area contributed by atoms with Gasteiger partial charge in [0.2, 0.25) is 0 Å². The predicted molar refractivity (Wildman–Crippen MR) is 82.7 cm³/mol. The third kappa shape index (κ3) is 4.00. The molecule has 0 spiro atoms. The first-order valence-corrected chi connectivity index (χ1v) is 7.81. The summed E-state index contributed by atoms with van der Waals surface area (Å²) in [5.74, 6) is -0.738. The normalized spacial score (nSPS) is 18.8. The molecule has 1 atom stereocenters. The van der Waals surface area contributed by atoms with E-state index in [4.69, 9.17) is 4.74 Å². The molecule has 22 heavy (non-hydrogen) atoms. The Hall–Kier alpha value is -2.04. The fourth-order valence-corrected chi connectivity index (χ4v) is 2.82. The smallest absolute Gasteiger partial charge is 0.329 e. The Kier molecular flexibility index (Phi) is 5.41. The molecule has 1 amide bonds. The number of hydrogen-bond acceptors (Lipinski definition) is 3. The molecule has 1 unspecified atom stereocenters. The van der Waals surface area contributed by atoms with Crippen molar-refractivity contribution in [2.24, 2.45) is 0 Å². The fourth-order valence-electron chi connectivity index (χ4n) is 2.82. The molecule has 1 aromatic carbocycles. The molecule has 1 aliphatic rings. The molecule has 0 aliphatic heterocycles. The minimum absolute atomic E-state index is 0.381. The van der Waals surface area contributed by atoms with Gasteiger partial charge in [-0.15, -0.1) is 0 Å². The van der Waals surface area contributed by atoms with Gasteiger partial charge in [0, 0.05) is 0 Å². The van der Waals surface area contributed by atoms with Gasteiger partial charge in [-0.3, -0.25) is 4.79 Å². The van der Waals surface area contributed by atoms with Gasteiger partial charge in [-0.05, 0) is 31.9 Å². The van der Waals surface area contributed by atoms with Crippen LogP contribution in [0.5, 0.6) is 5.75 Å². The molecule has 120 valence electrons. The lowest BCUT2D eigenvalue weighted by atomic mass is 9.90. The number of para-hydroxylation sites is 1. The average molecular weight is 305 g/mol. The highest BCUT2D eigenvalue weighted by Gasteiger charge is 2.41. The largest absolute Gasteiger partial charge is 0.481 e. The summed E-state index contributed by atoms with van der Waals surface area (Å²) < 4.78 is 5.57. The van der Waals surface area contributed by atoms with E-state index in [0.29, 0.717) is 18.6 Å². The summed E-state index contributed by atoms with van der Waals surface area (Å²) in [6.07, 6.45) is 3.89. The van der Waals surface area contributed by atoms with Crippen molar-refractivity contribution < 1.29 is 19.4 Å². The van der Waals surface area contributed by atoms with Crippen molar-refractivity contribution in [3.63, 3.8) is 0 Å². The first-order valence-electron chi connectivity index (χ1n) is 7.81. The second-order valence-corrected chi connectivity index (χ2v) is 5.86. The zero-order chi connectivity index (χ0) is 16.0. The molecule has 5 heteroatoms. The molecule has 0 aromatic heterocycles. The summed E-state index contributed by atoms with van der Waals surface area (Å²) in [5, 5.41) is 12.3. The van der Waals surface area contributed by atoms with Gasteiger partial charge in [-0.25, -0.2) is 4.79 Å². The van der Waals surface area contributed by atoms with Crippen LogP contribution in [0.25, 0.3) is 0 Å². The van der Waals surface area contributed by atoms with Crippen LogP contribution in [0.3, 0.4) is 0 Å². The Bertz CT molecular complexity index is 507. The summed E-state index contributed by atoms with van der Waals surface area (Å²) in [4.78, 5) is 24.0. The number of ether oxygens (including phenoxy) is 1. The molecule has 2 rings (SSSR count). The number of aliphatic carboxylic acids is 1. The Balaban J connectivity index is 2.02. The van der Waals surface area contributed by atoms with Crippen LogP contribution in [0.15, 0.2) is 30.3 Å². The van der Waals surface area contributed by atoms with E-state index in [1.165, 1.54) is 0 Å². The second-order valence-electron chi connectivity index (χ2n) is 5.86. The van der Waals surface area contributed by atoms with Crippen LogP contribution in [0.1, 0.15) is 45.4 Å². The van der Waals surface area contributed by atoms with Crippen molar-refractivity contribution in [3.05, 3.63) is 30.3 Å². The van der Waals surface area contributed by atoms with Crippen molar-refractivity contribution in [2.45, 2.75) is 57.1 Å². The van der Waals surface area contributed by atoms with Crippen LogP contribution in [-0.4, -0.2) is 28.6 Å². The third-order valence-electron chi connectivity index (χ3n) is 4.15. The van der Waals surface area contributed by atoms with Crippen molar-refractivity contribution in [1.29, 1.82) is 0 Å². The van der Waals surface area contributed by atoms with E-state index in [0.717, 1.165) is 25.7 Å². The lowest BCUT2D eigenvalue weighted by Crippen LogP contribution is -2.57. The third-order valence-corrected chi connectivity index (χ3v) is 4.15. The molecule has 0 saturated heterocycles. The maximum absolute atomic E-state index is 12.3. The molecule has 0 heterocycles. The highest BCUT2D eigenvalue weighted by Crippen LogP contribution is 2.27.